The molecule has 1 N–H and O–H groups in total. The molecule has 1 heterocycles. The fourth-order valence-electron chi connectivity index (χ4n) is 1.03. The van der Waals surface area contributed by atoms with Gasteiger partial charge in [0.05, 0.1) is 6.61 Å². The van der Waals surface area contributed by atoms with Crippen molar-refractivity contribution in [3.63, 3.8) is 0 Å². The highest BCUT2D eigenvalue weighted by molar-refractivity contribution is 5.21. The molecule has 0 spiro atoms. The number of hydrogen-bond donors (Lipinski definition) is 1. The minimum atomic E-state index is 0.0408. The fourth-order valence-corrected chi connectivity index (χ4v) is 1.03. The fraction of sp³-hybridized carbons (Fsp3) is 0.750. The molecule has 0 aliphatic rings. The Balaban J connectivity index is 2.56. The summed E-state index contributed by atoms with van der Waals surface area (Å²) in [7, 11) is 1.90. The summed E-state index contributed by atoms with van der Waals surface area (Å²) >= 11 is 0. The molecule has 0 saturated carbocycles. The van der Waals surface area contributed by atoms with E-state index in [9.17, 15) is 0 Å². The highest BCUT2D eigenvalue weighted by Gasteiger charge is 2.08. The van der Waals surface area contributed by atoms with Gasteiger partial charge in [-0.05, 0) is 6.42 Å². The van der Waals surface area contributed by atoms with E-state index in [1.54, 1.807) is 0 Å². The summed E-state index contributed by atoms with van der Waals surface area (Å²) in [6, 6.07) is 0.519. The molecule has 1 aromatic heterocycles. The van der Waals surface area contributed by atoms with Crippen molar-refractivity contribution in [1.29, 1.82) is 0 Å². The average Bonchev–Trinajstić information content (AvgIpc) is 2.54. The smallest absolute Gasteiger partial charge is 0.317 e. The molecule has 0 aliphatic carbocycles. The highest BCUT2D eigenvalue weighted by Crippen LogP contribution is 2.10. The van der Waals surface area contributed by atoms with Crippen LogP contribution in [-0.4, -0.2) is 35.5 Å². The van der Waals surface area contributed by atoms with E-state index in [0.717, 1.165) is 13.0 Å². The van der Waals surface area contributed by atoms with Crippen LogP contribution >= 0.6 is 0 Å². The molecular formula is C8H15N3O2. The van der Waals surface area contributed by atoms with Crippen LogP contribution in [0.25, 0.3) is 0 Å². The molecule has 13 heavy (non-hydrogen) atoms. The lowest BCUT2D eigenvalue weighted by atomic mass is 10.4. The largest absolute Gasteiger partial charge is 0.408 e. The van der Waals surface area contributed by atoms with Crippen LogP contribution in [0.5, 0.6) is 0 Å². The van der Waals surface area contributed by atoms with E-state index in [1.807, 2.05) is 11.9 Å². The predicted octanol–water partition coefficient (Wildman–Crippen LogP) is 0.451. The van der Waals surface area contributed by atoms with Gasteiger partial charge in [-0.3, -0.25) is 0 Å². The van der Waals surface area contributed by atoms with E-state index in [2.05, 4.69) is 17.1 Å². The zero-order valence-corrected chi connectivity index (χ0v) is 8.03. The van der Waals surface area contributed by atoms with Crippen molar-refractivity contribution in [2.24, 2.45) is 0 Å². The van der Waals surface area contributed by atoms with Crippen molar-refractivity contribution >= 4 is 6.01 Å². The molecular weight excluding hydrogens is 170 g/mol. The van der Waals surface area contributed by atoms with Crippen molar-refractivity contribution in [3.8, 4) is 0 Å². The van der Waals surface area contributed by atoms with E-state index < -0.39 is 0 Å². The van der Waals surface area contributed by atoms with Crippen LogP contribution in [0.3, 0.4) is 0 Å². The summed E-state index contributed by atoms with van der Waals surface area (Å²) in [5, 5.41) is 16.3. The number of aliphatic hydroxyl groups is 1. The number of aromatic nitrogens is 2. The first-order chi connectivity index (χ1) is 6.27. The molecule has 1 aromatic rings. The van der Waals surface area contributed by atoms with Crippen molar-refractivity contribution in [2.75, 3.05) is 25.1 Å². The molecule has 5 heteroatoms. The van der Waals surface area contributed by atoms with E-state index in [0.29, 0.717) is 18.3 Å². The third-order valence-corrected chi connectivity index (χ3v) is 1.67. The maximum atomic E-state index is 8.63. The van der Waals surface area contributed by atoms with Gasteiger partial charge in [-0.25, -0.2) is 0 Å². The monoisotopic (exact) mass is 185 g/mol. The minimum Gasteiger partial charge on any atom is -0.408 e. The van der Waals surface area contributed by atoms with Crippen molar-refractivity contribution in [1.82, 2.24) is 10.2 Å². The zero-order chi connectivity index (χ0) is 9.68. The first-order valence-electron chi connectivity index (χ1n) is 4.42. The molecule has 0 aromatic carbocycles. The van der Waals surface area contributed by atoms with Crippen molar-refractivity contribution in [3.05, 3.63) is 5.89 Å². The van der Waals surface area contributed by atoms with E-state index in [1.165, 1.54) is 0 Å². The lowest BCUT2D eigenvalue weighted by Gasteiger charge is -2.10. The molecule has 74 valence electrons. The summed E-state index contributed by atoms with van der Waals surface area (Å²) in [6.45, 7) is 3.02. The van der Waals surface area contributed by atoms with Gasteiger partial charge in [0.15, 0.2) is 0 Å². The molecule has 0 unspecified atom stereocenters. The quantitative estimate of drug-likeness (QED) is 0.721. The van der Waals surface area contributed by atoms with Gasteiger partial charge in [0.1, 0.15) is 0 Å². The second kappa shape index (κ2) is 4.81. The standard InChI is InChI=1S/C8H15N3O2/c1-3-5-11(2)8-10-9-7(13-8)4-6-12/h12H,3-6H2,1-2H3. The Morgan fingerprint density at radius 1 is 1.46 bits per heavy atom. The van der Waals surface area contributed by atoms with Gasteiger partial charge >= 0.3 is 6.01 Å². The van der Waals surface area contributed by atoms with Crippen LogP contribution in [0.15, 0.2) is 4.42 Å². The first kappa shape index (κ1) is 9.98. The molecule has 0 atom stereocenters. The lowest BCUT2D eigenvalue weighted by Crippen LogP contribution is -2.17. The van der Waals surface area contributed by atoms with Crippen LogP contribution in [0.2, 0.25) is 0 Å². The lowest BCUT2D eigenvalue weighted by molar-refractivity contribution is 0.285. The molecule has 0 fully saturated rings. The maximum absolute atomic E-state index is 8.63. The van der Waals surface area contributed by atoms with Crippen LogP contribution in [0.1, 0.15) is 19.2 Å². The van der Waals surface area contributed by atoms with Crippen LogP contribution in [0, 0.1) is 0 Å². The summed E-state index contributed by atoms with van der Waals surface area (Å²) in [5.74, 6) is 0.487. The SMILES string of the molecule is CCCN(C)c1nnc(CCO)o1. The van der Waals surface area contributed by atoms with E-state index in [4.69, 9.17) is 9.52 Å². The first-order valence-corrected chi connectivity index (χ1v) is 4.42. The summed E-state index contributed by atoms with van der Waals surface area (Å²) in [4.78, 5) is 1.90. The Bertz CT molecular complexity index is 249. The van der Waals surface area contributed by atoms with Gasteiger partial charge in [0, 0.05) is 20.0 Å². The van der Waals surface area contributed by atoms with Crippen LogP contribution in [0.4, 0.5) is 6.01 Å². The second-order valence-corrected chi connectivity index (χ2v) is 2.87. The van der Waals surface area contributed by atoms with Crippen molar-refractivity contribution < 1.29 is 9.52 Å². The van der Waals surface area contributed by atoms with Crippen molar-refractivity contribution in [2.45, 2.75) is 19.8 Å². The van der Waals surface area contributed by atoms with Crippen LogP contribution in [-0.2, 0) is 6.42 Å². The average molecular weight is 185 g/mol. The molecule has 0 amide bonds. The maximum Gasteiger partial charge on any atom is 0.317 e. The molecule has 0 aliphatic heterocycles. The second-order valence-electron chi connectivity index (χ2n) is 2.87. The molecule has 5 nitrogen and oxygen atoms in total. The van der Waals surface area contributed by atoms with Gasteiger partial charge in [0.2, 0.25) is 5.89 Å². The normalized spacial score (nSPS) is 10.4. The Morgan fingerprint density at radius 2 is 2.23 bits per heavy atom. The Labute approximate surface area is 77.4 Å². The van der Waals surface area contributed by atoms with E-state index in [-0.39, 0.29) is 6.61 Å². The predicted molar refractivity (Wildman–Crippen MR) is 48.6 cm³/mol. The number of aliphatic hydroxyl groups excluding tert-OH is 1. The Morgan fingerprint density at radius 3 is 2.85 bits per heavy atom. The molecule has 1 rings (SSSR count). The summed E-state index contributed by atoms with van der Waals surface area (Å²) < 4.78 is 5.28. The number of nitrogens with zero attached hydrogens (tertiary/aromatic N) is 3. The van der Waals surface area contributed by atoms with Crippen LogP contribution < -0.4 is 4.90 Å². The minimum absolute atomic E-state index is 0.0408. The molecule has 0 saturated heterocycles. The third kappa shape index (κ3) is 2.69. The van der Waals surface area contributed by atoms with Gasteiger partial charge in [-0.1, -0.05) is 12.0 Å². The molecule has 0 radical (unpaired) electrons. The number of hydrogen-bond acceptors (Lipinski definition) is 5. The highest BCUT2D eigenvalue weighted by atomic mass is 16.4. The number of rotatable bonds is 5. The zero-order valence-electron chi connectivity index (χ0n) is 8.03. The van der Waals surface area contributed by atoms with Gasteiger partial charge in [0.25, 0.3) is 0 Å². The Hall–Kier alpha value is -1.10. The van der Waals surface area contributed by atoms with E-state index >= 15 is 0 Å². The van der Waals surface area contributed by atoms with Gasteiger partial charge in [-0.2, -0.15) is 0 Å². The third-order valence-electron chi connectivity index (χ3n) is 1.67. The van der Waals surface area contributed by atoms with Gasteiger partial charge < -0.3 is 14.4 Å². The summed E-state index contributed by atoms with van der Waals surface area (Å²) in [6.07, 6.45) is 1.46. The topological polar surface area (TPSA) is 62.4 Å². The Kier molecular flexibility index (Phi) is 3.70. The summed E-state index contributed by atoms with van der Waals surface area (Å²) in [5.41, 5.74) is 0. The molecule has 0 bridgehead atoms. The number of anilines is 1. The van der Waals surface area contributed by atoms with Gasteiger partial charge in [-0.15, -0.1) is 5.10 Å².